The number of benzene rings is 1. The summed E-state index contributed by atoms with van der Waals surface area (Å²) in [5, 5.41) is 3.58. The van der Waals surface area contributed by atoms with Crippen LogP contribution in [-0.2, 0) is 0 Å². The zero-order chi connectivity index (χ0) is 13.5. The summed E-state index contributed by atoms with van der Waals surface area (Å²) >= 11 is 7.69. The summed E-state index contributed by atoms with van der Waals surface area (Å²) in [6.45, 7) is 1.62. The minimum Gasteiger partial charge on any atom is -0.342 e. The summed E-state index contributed by atoms with van der Waals surface area (Å²) in [4.78, 5) is 15.0. The van der Waals surface area contributed by atoms with Gasteiger partial charge in [0.15, 0.2) is 0 Å². The summed E-state index contributed by atoms with van der Waals surface area (Å²) in [5.41, 5.74) is 0.579. The van der Waals surface area contributed by atoms with Crippen molar-refractivity contribution in [2.75, 3.05) is 33.4 Å². The number of hydrogen-bond acceptors (Lipinski definition) is 3. The van der Waals surface area contributed by atoms with Crippen LogP contribution in [0.3, 0.4) is 0 Å². The zero-order valence-electron chi connectivity index (χ0n) is 11.0. The van der Waals surface area contributed by atoms with Gasteiger partial charge in [-0.05, 0) is 44.5 Å². The maximum absolute atomic E-state index is 12.2. The van der Waals surface area contributed by atoms with Gasteiger partial charge in [-0.1, -0.05) is 11.6 Å². The Balaban J connectivity index is 2.76. The highest BCUT2D eigenvalue weighted by Crippen LogP contribution is 2.23. The molecule has 0 radical (unpaired) electrons. The van der Waals surface area contributed by atoms with Crippen molar-refractivity contribution in [2.24, 2.45) is 0 Å². The first-order valence-electron chi connectivity index (χ1n) is 5.83. The zero-order valence-corrected chi connectivity index (χ0v) is 12.6. The molecular formula is C13H19ClN2OS. The van der Waals surface area contributed by atoms with Crippen LogP contribution in [-0.4, -0.2) is 44.2 Å². The van der Waals surface area contributed by atoms with Crippen molar-refractivity contribution in [3.63, 3.8) is 0 Å². The molecule has 100 valence electrons. The Morgan fingerprint density at radius 2 is 2.22 bits per heavy atom. The molecule has 0 aliphatic carbocycles. The highest BCUT2D eigenvalue weighted by molar-refractivity contribution is 7.98. The van der Waals surface area contributed by atoms with Crippen LogP contribution in [0.4, 0.5) is 0 Å². The van der Waals surface area contributed by atoms with Crippen molar-refractivity contribution in [1.82, 2.24) is 10.2 Å². The van der Waals surface area contributed by atoms with Crippen LogP contribution in [0.15, 0.2) is 23.1 Å². The van der Waals surface area contributed by atoms with Crippen molar-refractivity contribution in [2.45, 2.75) is 11.3 Å². The lowest BCUT2D eigenvalue weighted by Crippen LogP contribution is -2.29. The quantitative estimate of drug-likeness (QED) is 0.645. The van der Waals surface area contributed by atoms with Gasteiger partial charge in [0, 0.05) is 18.5 Å². The monoisotopic (exact) mass is 286 g/mol. The van der Waals surface area contributed by atoms with Crippen LogP contribution in [0.1, 0.15) is 16.8 Å². The molecule has 0 spiro atoms. The van der Waals surface area contributed by atoms with Gasteiger partial charge in [0.2, 0.25) is 0 Å². The molecule has 0 aliphatic heterocycles. The topological polar surface area (TPSA) is 32.3 Å². The van der Waals surface area contributed by atoms with Crippen LogP contribution in [0.5, 0.6) is 0 Å². The van der Waals surface area contributed by atoms with E-state index in [9.17, 15) is 4.79 Å². The third kappa shape index (κ3) is 4.19. The van der Waals surface area contributed by atoms with Gasteiger partial charge in [0.25, 0.3) is 5.91 Å². The SMILES string of the molecule is CNCCCN(C)C(=O)c1cc(SC)ccc1Cl. The summed E-state index contributed by atoms with van der Waals surface area (Å²) in [6, 6.07) is 5.55. The van der Waals surface area contributed by atoms with Crippen LogP contribution >= 0.6 is 23.4 Å². The van der Waals surface area contributed by atoms with Crippen molar-refractivity contribution >= 4 is 29.3 Å². The number of amides is 1. The molecule has 18 heavy (non-hydrogen) atoms. The average molecular weight is 287 g/mol. The Hall–Kier alpha value is -0.710. The molecule has 0 saturated carbocycles. The second kappa shape index (κ2) is 7.67. The molecule has 0 fully saturated rings. The smallest absolute Gasteiger partial charge is 0.255 e. The Kier molecular flexibility index (Phi) is 6.54. The minimum atomic E-state index is -0.0213. The Morgan fingerprint density at radius 3 is 2.83 bits per heavy atom. The Bertz CT molecular complexity index is 412. The van der Waals surface area contributed by atoms with Crippen LogP contribution < -0.4 is 5.32 Å². The molecule has 0 heterocycles. The Morgan fingerprint density at radius 1 is 1.50 bits per heavy atom. The average Bonchev–Trinajstić information content (AvgIpc) is 2.38. The standard InChI is InChI=1S/C13H19ClN2OS/c1-15-7-4-8-16(2)13(17)11-9-10(18-3)5-6-12(11)14/h5-6,9,15H,4,7-8H2,1-3H3. The van der Waals surface area contributed by atoms with Gasteiger partial charge in [0.05, 0.1) is 10.6 Å². The number of halogens is 1. The van der Waals surface area contributed by atoms with E-state index in [1.807, 2.05) is 25.4 Å². The first-order chi connectivity index (χ1) is 8.60. The molecule has 0 saturated heterocycles. The molecule has 0 aromatic heterocycles. The molecule has 0 bridgehead atoms. The van der Waals surface area contributed by atoms with Gasteiger partial charge in [-0.2, -0.15) is 0 Å². The molecule has 0 aliphatic rings. The normalized spacial score (nSPS) is 10.4. The van der Waals surface area contributed by atoms with Gasteiger partial charge in [0.1, 0.15) is 0 Å². The maximum Gasteiger partial charge on any atom is 0.255 e. The molecule has 1 aromatic rings. The van der Waals surface area contributed by atoms with E-state index in [4.69, 9.17) is 11.6 Å². The van der Waals surface area contributed by atoms with Crippen molar-refractivity contribution in [1.29, 1.82) is 0 Å². The van der Waals surface area contributed by atoms with Crippen molar-refractivity contribution in [3.05, 3.63) is 28.8 Å². The molecule has 5 heteroatoms. The lowest BCUT2D eigenvalue weighted by Gasteiger charge is -2.18. The second-order valence-corrected chi connectivity index (χ2v) is 5.32. The van der Waals surface area contributed by atoms with E-state index in [-0.39, 0.29) is 5.91 Å². The number of nitrogens with one attached hydrogen (secondary N) is 1. The number of carbonyl (C=O) groups excluding carboxylic acids is 1. The summed E-state index contributed by atoms with van der Waals surface area (Å²) in [7, 11) is 3.71. The lowest BCUT2D eigenvalue weighted by atomic mass is 10.2. The van der Waals surface area contributed by atoms with Crippen molar-refractivity contribution < 1.29 is 4.79 Å². The van der Waals surface area contributed by atoms with E-state index in [2.05, 4.69) is 5.32 Å². The third-order valence-electron chi connectivity index (χ3n) is 2.67. The number of hydrogen-bond donors (Lipinski definition) is 1. The van der Waals surface area contributed by atoms with E-state index < -0.39 is 0 Å². The molecule has 1 N–H and O–H groups in total. The first kappa shape index (κ1) is 15.3. The molecule has 3 nitrogen and oxygen atoms in total. The van der Waals surface area contributed by atoms with Gasteiger partial charge in [-0.25, -0.2) is 0 Å². The molecular weight excluding hydrogens is 268 g/mol. The van der Waals surface area contributed by atoms with Gasteiger partial charge < -0.3 is 10.2 Å². The van der Waals surface area contributed by atoms with E-state index in [1.54, 1.807) is 29.8 Å². The van der Waals surface area contributed by atoms with Crippen LogP contribution in [0, 0.1) is 0 Å². The van der Waals surface area contributed by atoms with Crippen molar-refractivity contribution in [3.8, 4) is 0 Å². The minimum absolute atomic E-state index is 0.0213. The fraction of sp³-hybridized carbons (Fsp3) is 0.462. The maximum atomic E-state index is 12.2. The van der Waals surface area contributed by atoms with Gasteiger partial charge in [-0.15, -0.1) is 11.8 Å². The van der Waals surface area contributed by atoms with E-state index in [1.165, 1.54) is 0 Å². The molecule has 0 unspecified atom stereocenters. The first-order valence-corrected chi connectivity index (χ1v) is 7.44. The molecule has 1 aromatic carbocycles. The summed E-state index contributed by atoms with van der Waals surface area (Å²) in [5.74, 6) is -0.0213. The lowest BCUT2D eigenvalue weighted by molar-refractivity contribution is 0.0793. The van der Waals surface area contributed by atoms with E-state index in [0.29, 0.717) is 10.6 Å². The summed E-state index contributed by atoms with van der Waals surface area (Å²) in [6.07, 6.45) is 2.91. The number of carbonyl (C=O) groups is 1. The largest absolute Gasteiger partial charge is 0.342 e. The number of rotatable bonds is 6. The second-order valence-electron chi connectivity index (χ2n) is 4.03. The van der Waals surface area contributed by atoms with Gasteiger partial charge in [-0.3, -0.25) is 4.79 Å². The fourth-order valence-corrected chi connectivity index (χ4v) is 2.23. The fourth-order valence-electron chi connectivity index (χ4n) is 1.60. The molecule has 1 rings (SSSR count). The predicted octanol–water partition coefficient (Wildman–Crippen LogP) is 2.74. The number of nitrogens with zero attached hydrogens (tertiary/aromatic N) is 1. The predicted molar refractivity (Wildman–Crippen MR) is 78.7 cm³/mol. The molecule has 1 amide bonds. The number of thioether (sulfide) groups is 1. The van der Waals surface area contributed by atoms with Crippen LogP contribution in [0.25, 0.3) is 0 Å². The highest BCUT2D eigenvalue weighted by Gasteiger charge is 2.15. The Labute approximate surface area is 118 Å². The van der Waals surface area contributed by atoms with Crippen LogP contribution in [0.2, 0.25) is 5.02 Å². The van der Waals surface area contributed by atoms with E-state index in [0.717, 1.165) is 24.4 Å². The molecule has 0 atom stereocenters. The van der Waals surface area contributed by atoms with Gasteiger partial charge >= 0.3 is 0 Å². The summed E-state index contributed by atoms with van der Waals surface area (Å²) < 4.78 is 0. The van der Waals surface area contributed by atoms with E-state index >= 15 is 0 Å². The highest BCUT2D eigenvalue weighted by atomic mass is 35.5. The third-order valence-corrected chi connectivity index (χ3v) is 3.73.